The van der Waals surface area contributed by atoms with Gasteiger partial charge in [-0.25, -0.2) is 4.79 Å². The molecule has 3 rings (SSSR count). The summed E-state index contributed by atoms with van der Waals surface area (Å²) in [6.45, 7) is 2.06. The number of ether oxygens (including phenoxy) is 1. The summed E-state index contributed by atoms with van der Waals surface area (Å²) in [5, 5.41) is 0. The fourth-order valence-electron chi connectivity index (χ4n) is 3.11. The molecule has 0 spiro atoms. The Kier molecular flexibility index (Phi) is 4.28. The first-order valence-electron chi connectivity index (χ1n) is 8.05. The Morgan fingerprint density at radius 1 is 0.864 bits per heavy atom. The molecule has 0 aliphatic heterocycles. The van der Waals surface area contributed by atoms with Crippen LogP contribution in [0.2, 0.25) is 0 Å². The van der Waals surface area contributed by atoms with Gasteiger partial charge in [0.2, 0.25) is 0 Å². The number of benzene rings is 2. The number of hydrogen-bond acceptors (Lipinski definition) is 2. The highest BCUT2D eigenvalue weighted by Crippen LogP contribution is 2.32. The van der Waals surface area contributed by atoms with E-state index >= 15 is 0 Å². The second-order valence-electron chi connectivity index (χ2n) is 6.34. The molecule has 0 amide bonds. The summed E-state index contributed by atoms with van der Waals surface area (Å²) in [7, 11) is 0. The second-order valence-corrected chi connectivity index (χ2v) is 6.34. The van der Waals surface area contributed by atoms with E-state index < -0.39 is 0 Å². The van der Waals surface area contributed by atoms with E-state index in [1.54, 1.807) is 0 Å². The van der Waals surface area contributed by atoms with E-state index in [0.29, 0.717) is 5.56 Å². The number of esters is 1. The molecule has 114 valence electrons. The molecule has 1 saturated carbocycles. The predicted octanol–water partition coefficient (Wildman–Crippen LogP) is 5.23. The summed E-state index contributed by atoms with van der Waals surface area (Å²) in [5.41, 5.74) is 2.61. The summed E-state index contributed by atoms with van der Waals surface area (Å²) in [5.74, 6) is -0.205. The normalized spacial score (nSPS) is 17.0. The molecule has 1 aliphatic carbocycles. The smallest absolute Gasteiger partial charge is 0.338 e. The molecule has 2 heteroatoms. The maximum atomic E-state index is 12.3. The predicted molar refractivity (Wildman–Crippen MR) is 88.8 cm³/mol. The van der Waals surface area contributed by atoms with Crippen LogP contribution in [0.1, 0.15) is 49.4 Å². The number of hydrogen-bond donors (Lipinski definition) is 0. The van der Waals surface area contributed by atoms with Crippen molar-refractivity contribution in [3.05, 3.63) is 60.2 Å². The first-order valence-corrected chi connectivity index (χ1v) is 8.05. The Bertz CT molecular complexity index is 623. The molecule has 22 heavy (non-hydrogen) atoms. The van der Waals surface area contributed by atoms with Crippen molar-refractivity contribution < 1.29 is 9.53 Å². The van der Waals surface area contributed by atoms with Crippen molar-refractivity contribution >= 4 is 5.97 Å². The zero-order valence-corrected chi connectivity index (χ0v) is 13.0. The van der Waals surface area contributed by atoms with Crippen molar-refractivity contribution in [2.45, 2.75) is 44.6 Å². The van der Waals surface area contributed by atoms with Crippen molar-refractivity contribution in [2.75, 3.05) is 0 Å². The summed E-state index contributed by atoms with van der Waals surface area (Å²) < 4.78 is 5.77. The van der Waals surface area contributed by atoms with Gasteiger partial charge in [-0.05, 0) is 55.9 Å². The highest BCUT2D eigenvalue weighted by Gasteiger charge is 2.31. The minimum Gasteiger partial charge on any atom is -0.456 e. The van der Waals surface area contributed by atoms with Gasteiger partial charge >= 0.3 is 5.97 Å². The van der Waals surface area contributed by atoms with Crippen LogP contribution in [-0.2, 0) is 4.74 Å². The van der Waals surface area contributed by atoms with Crippen LogP contribution in [0.5, 0.6) is 0 Å². The summed E-state index contributed by atoms with van der Waals surface area (Å²) >= 11 is 0. The molecule has 2 aromatic rings. The second kappa shape index (κ2) is 6.35. The van der Waals surface area contributed by atoms with E-state index in [4.69, 9.17) is 4.74 Å². The van der Waals surface area contributed by atoms with E-state index in [0.717, 1.165) is 36.8 Å². The number of carbonyl (C=O) groups excluding carboxylic acids is 1. The summed E-state index contributed by atoms with van der Waals surface area (Å²) in [6, 6.07) is 17.8. The monoisotopic (exact) mass is 294 g/mol. The Balaban J connectivity index is 1.71. The van der Waals surface area contributed by atoms with Crippen LogP contribution < -0.4 is 0 Å². The largest absolute Gasteiger partial charge is 0.456 e. The van der Waals surface area contributed by atoms with Crippen LogP contribution in [0.3, 0.4) is 0 Å². The third-order valence-electron chi connectivity index (χ3n) is 4.48. The molecule has 0 saturated heterocycles. The van der Waals surface area contributed by atoms with Gasteiger partial charge in [-0.3, -0.25) is 0 Å². The fourth-order valence-corrected chi connectivity index (χ4v) is 3.11. The zero-order chi connectivity index (χ0) is 15.4. The maximum absolute atomic E-state index is 12.3. The van der Waals surface area contributed by atoms with Crippen molar-refractivity contribution in [1.29, 1.82) is 0 Å². The van der Waals surface area contributed by atoms with E-state index in [1.165, 1.54) is 6.42 Å². The molecular weight excluding hydrogens is 272 g/mol. The van der Waals surface area contributed by atoms with Crippen molar-refractivity contribution in [2.24, 2.45) is 0 Å². The zero-order valence-electron chi connectivity index (χ0n) is 13.0. The van der Waals surface area contributed by atoms with Crippen molar-refractivity contribution in [3.63, 3.8) is 0 Å². The van der Waals surface area contributed by atoms with Gasteiger partial charge in [0.05, 0.1) is 5.56 Å². The van der Waals surface area contributed by atoms with E-state index in [-0.39, 0.29) is 11.6 Å². The number of rotatable bonds is 3. The molecular formula is C20H22O2. The molecule has 2 aromatic carbocycles. The highest BCUT2D eigenvalue weighted by atomic mass is 16.6. The van der Waals surface area contributed by atoms with Gasteiger partial charge in [-0.1, -0.05) is 48.9 Å². The van der Waals surface area contributed by atoms with Gasteiger partial charge in [-0.2, -0.15) is 0 Å². The maximum Gasteiger partial charge on any atom is 0.338 e. The molecule has 0 heterocycles. The summed E-state index contributed by atoms with van der Waals surface area (Å²) in [6.07, 6.45) is 5.49. The lowest BCUT2D eigenvalue weighted by atomic mass is 9.86. The quantitative estimate of drug-likeness (QED) is 0.724. The standard InChI is InChI=1S/C20H22O2/c1-20(14-6-3-7-15-20)22-19(21)18-12-10-17(11-13-18)16-8-4-2-5-9-16/h2,4-5,8-13H,3,6-7,14-15H2,1H3. The van der Waals surface area contributed by atoms with Crippen LogP contribution in [-0.4, -0.2) is 11.6 Å². The van der Waals surface area contributed by atoms with Crippen LogP contribution in [0.15, 0.2) is 54.6 Å². The molecule has 0 aromatic heterocycles. The third-order valence-corrected chi connectivity index (χ3v) is 4.48. The molecule has 1 fully saturated rings. The third kappa shape index (κ3) is 3.38. The lowest BCUT2D eigenvalue weighted by molar-refractivity contribution is -0.0269. The molecule has 0 radical (unpaired) electrons. The molecule has 0 bridgehead atoms. The van der Waals surface area contributed by atoms with Gasteiger partial charge in [0.15, 0.2) is 0 Å². The Morgan fingerprint density at radius 2 is 1.45 bits per heavy atom. The van der Waals surface area contributed by atoms with E-state index in [2.05, 4.69) is 19.1 Å². The average molecular weight is 294 g/mol. The number of carbonyl (C=O) groups is 1. The van der Waals surface area contributed by atoms with Gasteiger partial charge in [-0.15, -0.1) is 0 Å². The van der Waals surface area contributed by atoms with Gasteiger partial charge in [0, 0.05) is 0 Å². The van der Waals surface area contributed by atoms with Crippen LogP contribution >= 0.6 is 0 Å². The van der Waals surface area contributed by atoms with Gasteiger partial charge in [0.25, 0.3) is 0 Å². The molecule has 2 nitrogen and oxygen atoms in total. The minimum absolute atomic E-state index is 0.205. The van der Waals surface area contributed by atoms with Crippen LogP contribution in [0.25, 0.3) is 11.1 Å². The Hall–Kier alpha value is -2.09. The van der Waals surface area contributed by atoms with Gasteiger partial charge < -0.3 is 4.74 Å². The SMILES string of the molecule is CC1(OC(=O)c2ccc(-c3ccccc3)cc2)CCCCC1. The average Bonchev–Trinajstić information content (AvgIpc) is 2.56. The first kappa shape index (κ1) is 14.8. The van der Waals surface area contributed by atoms with E-state index in [9.17, 15) is 4.79 Å². The van der Waals surface area contributed by atoms with Crippen molar-refractivity contribution in [3.8, 4) is 11.1 Å². The van der Waals surface area contributed by atoms with Crippen LogP contribution in [0, 0.1) is 0 Å². The topological polar surface area (TPSA) is 26.3 Å². The molecule has 0 N–H and O–H groups in total. The fraction of sp³-hybridized carbons (Fsp3) is 0.350. The van der Waals surface area contributed by atoms with Crippen LogP contribution in [0.4, 0.5) is 0 Å². The summed E-state index contributed by atoms with van der Waals surface area (Å²) in [4.78, 5) is 12.3. The first-order chi connectivity index (χ1) is 10.7. The molecule has 1 aliphatic rings. The van der Waals surface area contributed by atoms with Crippen molar-refractivity contribution in [1.82, 2.24) is 0 Å². The molecule has 0 unspecified atom stereocenters. The molecule has 0 atom stereocenters. The Labute approximate surface area is 132 Å². The highest BCUT2D eigenvalue weighted by molar-refractivity contribution is 5.90. The van der Waals surface area contributed by atoms with Gasteiger partial charge in [0.1, 0.15) is 5.60 Å². The lowest BCUT2D eigenvalue weighted by Gasteiger charge is -2.33. The Morgan fingerprint density at radius 3 is 2.09 bits per heavy atom. The lowest BCUT2D eigenvalue weighted by Crippen LogP contribution is -2.33. The van der Waals surface area contributed by atoms with E-state index in [1.807, 2.05) is 42.5 Å². The minimum atomic E-state index is -0.284.